The molecule has 0 aliphatic heterocycles. The van der Waals surface area contributed by atoms with Gasteiger partial charge in [0.15, 0.2) is 0 Å². The molecule has 1 N–H and O–H groups in total. The molecule has 0 fully saturated rings. The summed E-state index contributed by atoms with van der Waals surface area (Å²) in [6, 6.07) is 11.2. The van der Waals surface area contributed by atoms with Crippen LogP contribution in [0.1, 0.15) is 29.2 Å². The van der Waals surface area contributed by atoms with Crippen LogP contribution in [0.3, 0.4) is 0 Å². The maximum absolute atomic E-state index is 13.4. The second kappa shape index (κ2) is 5.89. The van der Waals surface area contributed by atoms with Crippen LogP contribution in [-0.4, -0.2) is 13.4 Å². The van der Waals surface area contributed by atoms with Gasteiger partial charge in [-0.05, 0) is 60.7 Å². The van der Waals surface area contributed by atoms with Gasteiger partial charge in [-0.25, -0.2) is 17.5 Å². The molecule has 6 heteroatoms. The van der Waals surface area contributed by atoms with Crippen molar-refractivity contribution in [2.24, 2.45) is 0 Å². The zero-order valence-corrected chi connectivity index (χ0v) is 14.5. The van der Waals surface area contributed by atoms with Crippen LogP contribution < -0.4 is 4.72 Å². The minimum absolute atomic E-state index is 0.167. The Kier molecular flexibility index (Phi) is 3.81. The number of aromatic nitrogens is 1. The van der Waals surface area contributed by atoms with Gasteiger partial charge >= 0.3 is 0 Å². The minimum Gasteiger partial charge on any atom is -0.255 e. The number of nitrogens with one attached hydrogen (secondary N) is 1. The first-order valence-corrected chi connectivity index (χ1v) is 9.58. The van der Waals surface area contributed by atoms with Gasteiger partial charge in [0.1, 0.15) is 10.7 Å². The molecule has 128 valence electrons. The molecular weight excluding hydrogens is 339 g/mol. The van der Waals surface area contributed by atoms with Crippen molar-refractivity contribution in [3.05, 3.63) is 71.2 Å². The SMILES string of the molecule is Cc1cnc2c(S(=O)(=O)NC3CCc4cc(F)ccc43)cccc2c1. The highest BCUT2D eigenvalue weighted by molar-refractivity contribution is 7.89. The Labute approximate surface area is 145 Å². The number of para-hydroxylation sites is 1. The maximum atomic E-state index is 13.4. The number of halogens is 1. The van der Waals surface area contributed by atoms with Gasteiger partial charge in [0, 0.05) is 17.6 Å². The molecule has 0 spiro atoms. The molecule has 4 nitrogen and oxygen atoms in total. The van der Waals surface area contributed by atoms with Gasteiger partial charge in [-0.3, -0.25) is 4.98 Å². The first kappa shape index (κ1) is 16.2. The predicted molar refractivity (Wildman–Crippen MR) is 94.3 cm³/mol. The smallest absolute Gasteiger partial charge is 0.243 e. The molecule has 0 radical (unpaired) electrons. The summed E-state index contributed by atoms with van der Waals surface area (Å²) < 4.78 is 42.0. The number of rotatable bonds is 3. The van der Waals surface area contributed by atoms with Crippen molar-refractivity contribution < 1.29 is 12.8 Å². The Balaban J connectivity index is 1.73. The summed E-state index contributed by atoms with van der Waals surface area (Å²) in [7, 11) is -3.74. The average molecular weight is 356 g/mol. The number of hydrogen-bond donors (Lipinski definition) is 1. The van der Waals surface area contributed by atoms with E-state index in [0.29, 0.717) is 18.4 Å². The quantitative estimate of drug-likeness (QED) is 0.779. The van der Waals surface area contributed by atoms with Crippen LogP contribution in [0.5, 0.6) is 0 Å². The van der Waals surface area contributed by atoms with Crippen LogP contribution in [-0.2, 0) is 16.4 Å². The molecule has 0 saturated heterocycles. The van der Waals surface area contributed by atoms with Crippen molar-refractivity contribution in [3.63, 3.8) is 0 Å². The summed E-state index contributed by atoms with van der Waals surface area (Å²) in [5.41, 5.74) is 3.13. The van der Waals surface area contributed by atoms with E-state index < -0.39 is 10.0 Å². The first-order valence-electron chi connectivity index (χ1n) is 8.10. The fraction of sp³-hybridized carbons (Fsp3) is 0.211. The lowest BCUT2D eigenvalue weighted by Crippen LogP contribution is -2.27. The van der Waals surface area contributed by atoms with Crippen LogP contribution >= 0.6 is 0 Å². The lowest BCUT2D eigenvalue weighted by molar-refractivity contribution is 0.555. The highest BCUT2D eigenvalue weighted by Crippen LogP contribution is 2.33. The fourth-order valence-corrected chi connectivity index (χ4v) is 4.85. The maximum Gasteiger partial charge on any atom is 0.243 e. The van der Waals surface area contributed by atoms with Crippen LogP contribution in [0.15, 0.2) is 53.6 Å². The first-order chi connectivity index (χ1) is 11.9. The summed E-state index contributed by atoms with van der Waals surface area (Å²) in [6.07, 6.45) is 2.94. The van der Waals surface area contributed by atoms with Gasteiger partial charge in [0.25, 0.3) is 0 Å². The van der Waals surface area contributed by atoms with E-state index in [1.807, 2.05) is 19.1 Å². The van der Waals surface area contributed by atoms with Crippen molar-refractivity contribution in [1.29, 1.82) is 0 Å². The van der Waals surface area contributed by atoms with Gasteiger partial charge in [0.05, 0.1) is 5.52 Å². The van der Waals surface area contributed by atoms with Crippen molar-refractivity contribution in [2.45, 2.75) is 30.7 Å². The third kappa shape index (κ3) is 2.92. The second-order valence-electron chi connectivity index (χ2n) is 6.40. The number of sulfonamides is 1. The van der Waals surface area contributed by atoms with Crippen molar-refractivity contribution >= 4 is 20.9 Å². The zero-order valence-electron chi connectivity index (χ0n) is 13.7. The lowest BCUT2D eigenvalue weighted by atomic mass is 10.1. The van der Waals surface area contributed by atoms with Gasteiger partial charge in [-0.2, -0.15) is 0 Å². The molecule has 1 atom stereocenters. The molecule has 1 unspecified atom stereocenters. The van der Waals surface area contributed by atoms with E-state index >= 15 is 0 Å². The zero-order chi connectivity index (χ0) is 17.6. The molecule has 1 heterocycles. The summed E-state index contributed by atoms with van der Waals surface area (Å²) in [5, 5.41) is 0.789. The largest absolute Gasteiger partial charge is 0.255 e. The molecule has 4 rings (SSSR count). The van der Waals surface area contributed by atoms with Crippen LogP contribution in [0, 0.1) is 12.7 Å². The summed E-state index contributed by atoms with van der Waals surface area (Å²) >= 11 is 0. The molecule has 1 aromatic heterocycles. The molecule has 1 aliphatic rings. The molecule has 3 aromatic rings. The second-order valence-corrected chi connectivity index (χ2v) is 8.08. The highest BCUT2D eigenvalue weighted by Gasteiger charge is 2.28. The third-order valence-electron chi connectivity index (χ3n) is 4.58. The summed E-state index contributed by atoms with van der Waals surface area (Å²) in [5.74, 6) is -0.295. The van der Waals surface area contributed by atoms with E-state index in [1.54, 1.807) is 24.4 Å². The average Bonchev–Trinajstić information content (AvgIpc) is 2.95. The summed E-state index contributed by atoms with van der Waals surface area (Å²) in [4.78, 5) is 4.48. The Hall–Kier alpha value is -2.31. The van der Waals surface area contributed by atoms with Crippen LogP contribution in [0.2, 0.25) is 0 Å². The van der Waals surface area contributed by atoms with Crippen LogP contribution in [0.4, 0.5) is 4.39 Å². The Morgan fingerprint density at radius 2 is 2.04 bits per heavy atom. The van der Waals surface area contributed by atoms with E-state index in [9.17, 15) is 12.8 Å². The number of pyridine rings is 1. The highest BCUT2D eigenvalue weighted by atomic mass is 32.2. The number of aryl methyl sites for hydroxylation is 2. The number of nitrogens with zero attached hydrogens (tertiary/aromatic N) is 1. The Bertz CT molecular complexity index is 1080. The van der Waals surface area contributed by atoms with E-state index in [4.69, 9.17) is 0 Å². The number of benzene rings is 2. The summed E-state index contributed by atoms with van der Waals surface area (Å²) in [6.45, 7) is 1.92. The monoisotopic (exact) mass is 356 g/mol. The minimum atomic E-state index is -3.74. The molecular formula is C19H17FN2O2S. The van der Waals surface area contributed by atoms with Crippen molar-refractivity contribution in [2.75, 3.05) is 0 Å². The third-order valence-corrected chi connectivity index (χ3v) is 6.08. The topological polar surface area (TPSA) is 59.1 Å². The molecule has 2 aromatic carbocycles. The van der Waals surface area contributed by atoms with E-state index in [-0.39, 0.29) is 16.8 Å². The Morgan fingerprint density at radius 1 is 1.20 bits per heavy atom. The number of fused-ring (bicyclic) bond motifs is 2. The molecule has 0 bridgehead atoms. The van der Waals surface area contributed by atoms with Crippen molar-refractivity contribution in [3.8, 4) is 0 Å². The van der Waals surface area contributed by atoms with E-state index in [2.05, 4.69) is 9.71 Å². The predicted octanol–water partition coefficient (Wildman–Crippen LogP) is 3.65. The van der Waals surface area contributed by atoms with Gasteiger partial charge in [-0.15, -0.1) is 0 Å². The van der Waals surface area contributed by atoms with Gasteiger partial charge in [-0.1, -0.05) is 18.2 Å². The molecule has 1 aliphatic carbocycles. The lowest BCUT2D eigenvalue weighted by Gasteiger charge is -2.15. The standard InChI is InChI=1S/C19H17FN2O2S/c1-12-9-14-3-2-4-18(19(14)21-11-12)25(23,24)22-17-8-5-13-10-15(20)6-7-16(13)17/h2-4,6-7,9-11,17,22H,5,8H2,1H3. The van der Waals surface area contributed by atoms with Crippen LogP contribution in [0.25, 0.3) is 10.9 Å². The van der Waals surface area contributed by atoms with Crippen molar-refractivity contribution in [1.82, 2.24) is 9.71 Å². The molecule has 0 amide bonds. The normalized spacial score (nSPS) is 17.0. The fourth-order valence-electron chi connectivity index (χ4n) is 3.42. The molecule has 0 saturated carbocycles. The molecule has 25 heavy (non-hydrogen) atoms. The Morgan fingerprint density at radius 3 is 2.88 bits per heavy atom. The van der Waals surface area contributed by atoms with Gasteiger partial charge in [0.2, 0.25) is 10.0 Å². The van der Waals surface area contributed by atoms with E-state index in [0.717, 1.165) is 22.1 Å². The van der Waals surface area contributed by atoms with E-state index in [1.165, 1.54) is 12.1 Å². The van der Waals surface area contributed by atoms with Gasteiger partial charge < -0.3 is 0 Å². The number of hydrogen-bond acceptors (Lipinski definition) is 3.